The normalized spacial score (nSPS) is 18.8. The molecule has 1 aliphatic heterocycles. The van der Waals surface area contributed by atoms with E-state index in [1.807, 2.05) is 12.1 Å². The van der Waals surface area contributed by atoms with Crippen LogP contribution >= 0.6 is 22.9 Å². The van der Waals surface area contributed by atoms with E-state index < -0.39 is 0 Å². The topological polar surface area (TPSA) is 62.3 Å². The lowest BCUT2D eigenvalue weighted by atomic mass is 10.1. The molecular weight excluding hydrogens is 298 g/mol. The molecule has 1 unspecified atom stereocenters. The van der Waals surface area contributed by atoms with Crippen LogP contribution in [0, 0.1) is 5.92 Å². The lowest BCUT2D eigenvalue weighted by Crippen LogP contribution is -2.25. The summed E-state index contributed by atoms with van der Waals surface area (Å²) < 4.78 is 0.924. The van der Waals surface area contributed by atoms with Crippen LogP contribution in [0.2, 0.25) is 5.02 Å². The Morgan fingerprint density at radius 3 is 3.05 bits per heavy atom. The third-order valence-electron chi connectivity index (χ3n) is 3.29. The Morgan fingerprint density at radius 1 is 1.55 bits per heavy atom. The number of amides is 2. The van der Waals surface area contributed by atoms with Crippen LogP contribution < -0.4 is 5.32 Å². The third kappa shape index (κ3) is 2.48. The lowest BCUT2D eigenvalue weighted by Gasteiger charge is -2.09. The van der Waals surface area contributed by atoms with Gasteiger partial charge < -0.3 is 10.2 Å². The van der Waals surface area contributed by atoms with Crippen molar-refractivity contribution in [2.75, 3.05) is 18.9 Å². The van der Waals surface area contributed by atoms with Gasteiger partial charge in [0.05, 0.1) is 16.1 Å². The van der Waals surface area contributed by atoms with Gasteiger partial charge in [-0.15, -0.1) is 0 Å². The van der Waals surface area contributed by atoms with Crippen molar-refractivity contribution in [3.05, 3.63) is 23.2 Å². The highest BCUT2D eigenvalue weighted by molar-refractivity contribution is 7.22. The molecule has 104 valence electrons. The lowest BCUT2D eigenvalue weighted by molar-refractivity contribution is -0.127. The molecule has 1 saturated heterocycles. The number of carbonyl (C=O) groups is 2. The van der Waals surface area contributed by atoms with E-state index in [-0.39, 0.29) is 24.2 Å². The van der Waals surface area contributed by atoms with Gasteiger partial charge >= 0.3 is 0 Å². The van der Waals surface area contributed by atoms with Gasteiger partial charge in [-0.25, -0.2) is 4.98 Å². The molecule has 0 radical (unpaired) electrons. The van der Waals surface area contributed by atoms with Gasteiger partial charge in [0.2, 0.25) is 11.8 Å². The number of halogens is 1. The largest absolute Gasteiger partial charge is 0.345 e. The molecule has 1 aromatic carbocycles. The Kier molecular flexibility index (Phi) is 3.35. The molecule has 0 bridgehead atoms. The Labute approximate surface area is 124 Å². The maximum atomic E-state index is 12.1. The van der Waals surface area contributed by atoms with Crippen LogP contribution in [0.4, 0.5) is 5.13 Å². The molecule has 5 nitrogen and oxygen atoms in total. The van der Waals surface area contributed by atoms with Gasteiger partial charge in [0.25, 0.3) is 0 Å². The van der Waals surface area contributed by atoms with Gasteiger partial charge in [0.1, 0.15) is 0 Å². The molecule has 1 N–H and O–H groups in total. The predicted molar refractivity (Wildman–Crippen MR) is 79.0 cm³/mol. The zero-order valence-corrected chi connectivity index (χ0v) is 12.3. The fraction of sp³-hybridized carbons (Fsp3) is 0.308. The fourth-order valence-electron chi connectivity index (χ4n) is 2.20. The number of nitrogens with zero attached hydrogens (tertiary/aromatic N) is 2. The minimum atomic E-state index is -0.303. The van der Waals surface area contributed by atoms with Crippen molar-refractivity contribution in [1.29, 1.82) is 0 Å². The molecule has 1 atom stereocenters. The third-order valence-corrected chi connectivity index (χ3v) is 4.46. The molecule has 2 amide bonds. The number of thiazole rings is 1. The number of hydrogen-bond donors (Lipinski definition) is 1. The molecular formula is C13H12ClN3O2S. The fourth-order valence-corrected chi connectivity index (χ4v) is 3.34. The van der Waals surface area contributed by atoms with E-state index in [9.17, 15) is 9.59 Å². The summed E-state index contributed by atoms with van der Waals surface area (Å²) in [6, 6.07) is 5.40. The molecule has 1 fully saturated rings. The van der Waals surface area contributed by atoms with Crippen LogP contribution in [0.3, 0.4) is 0 Å². The number of likely N-dealkylation sites (tertiary alicyclic amines) is 1. The molecule has 2 heterocycles. The number of nitrogens with one attached hydrogen (secondary N) is 1. The SMILES string of the molecule is CN1CC(C(=O)Nc2nc3ccc(Cl)cc3s2)CC1=O. The van der Waals surface area contributed by atoms with Crippen molar-refractivity contribution in [1.82, 2.24) is 9.88 Å². The molecule has 20 heavy (non-hydrogen) atoms. The summed E-state index contributed by atoms with van der Waals surface area (Å²) >= 11 is 7.29. The molecule has 7 heteroatoms. The first-order valence-electron chi connectivity index (χ1n) is 6.14. The number of aromatic nitrogens is 1. The van der Waals surface area contributed by atoms with Crippen molar-refractivity contribution in [2.24, 2.45) is 5.92 Å². The average Bonchev–Trinajstić information content (AvgIpc) is 2.93. The second-order valence-electron chi connectivity index (χ2n) is 4.80. The van der Waals surface area contributed by atoms with E-state index >= 15 is 0 Å². The van der Waals surface area contributed by atoms with Gasteiger partial charge in [-0.3, -0.25) is 9.59 Å². The van der Waals surface area contributed by atoms with E-state index in [0.717, 1.165) is 10.2 Å². The van der Waals surface area contributed by atoms with Gasteiger partial charge in [-0.2, -0.15) is 0 Å². The average molecular weight is 310 g/mol. The number of hydrogen-bond acceptors (Lipinski definition) is 4. The van der Waals surface area contributed by atoms with E-state index in [2.05, 4.69) is 10.3 Å². The second kappa shape index (κ2) is 5.03. The van der Waals surface area contributed by atoms with Crippen LogP contribution in [0.15, 0.2) is 18.2 Å². The molecule has 1 aromatic heterocycles. The molecule has 1 aliphatic rings. The minimum absolute atomic E-state index is 0.00114. The smallest absolute Gasteiger partial charge is 0.231 e. The zero-order valence-electron chi connectivity index (χ0n) is 10.7. The first-order chi connectivity index (χ1) is 9.52. The van der Waals surface area contributed by atoms with E-state index in [1.54, 1.807) is 18.0 Å². The predicted octanol–water partition coefficient (Wildman–Crippen LogP) is 2.37. The highest BCUT2D eigenvalue weighted by Crippen LogP contribution is 2.29. The molecule has 0 aliphatic carbocycles. The highest BCUT2D eigenvalue weighted by Gasteiger charge is 2.32. The van der Waals surface area contributed by atoms with Crippen LogP contribution in [-0.2, 0) is 9.59 Å². The monoisotopic (exact) mass is 309 g/mol. The van der Waals surface area contributed by atoms with Crippen LogP contribution in [0.5, 0.6) is 0 Å². The molecule has 2 aromatic rings. The van der Waals surface area contributed by atoms with Crippen molar-refractivity contribution in [3.63, 3.8) is 0 Å². The van der Waals surface area contributed by atoms with Crippen molar-refractivity contribution >= 4 is 50.1 Å². The van der Waals surface area contributed by atoms with E-state index in [1.165, 1.54) is 11.3 Å². The van der Waals surface area contributed by atoms with Gasteiger partial charge in [-0.1, -0.05) is 22.9 Å². The summed E-state index contributed by atoms with van der Waals surface area (Å²) in [5.41, 5.74) is 0.800. The van der Waals surface area contributed by atoms with Crippen LogP contribution in [-0.4, -0.2) is 35.3 Å². The Balaban J connectivity index is 1.76. The molecule has 0 saturated carbocycles. The van der Waals surface area contributed by atoms with Crippen LogP contribution in [0.25, 0.3) is 10.2 Å². The molecule has 3 rings (SSSR count). The number of rotatable bonds is 2. The van der Waals surface area contributed by atoms with Gasteiger partial charge in [-0.05, 0) is 18.2 Å². The van der Waals surface area contributed by atoms with E-state index in [4.69, 9.17) is 11.6 Å². The Bertz CT molecular complexity index is 700. The maximum Gasteiger partial charge on any atom is 0.231 e. The minimum Gasteiger partial charge on any atom is -0.345 e. The Morgan fingerprint density at radius 2 is 2.35 bits per heavy atom. The van der Waals surface area contributed by atoms with Gasteiger partial charge in [0.15, 0.2) is 5.13 Å². The summed E-state index contributed by atoms with van der Waals surface area (Å²) in [6.07, 6.45) is 0.263. The van der Waals surface area contributed by atoms with Crippen molar-refractivity contribution in [3.8, 4) is 0 Å². The summed E-state index contributed by atoms with van der Waals surface area (Å²) in [7, 11) is 1.70. The van der Waals surface area contributed by atoms with E-state index in [0.29, 0.717) is 16.7 Å². The summed E-state index contributed by atoms with van der Waals surface area (Å²) in [6.45, 7) is 0.460. The maximum absolute atomic E-state index is 12.1. The van der Waals surface area contributed by atoms with Gasteiger partial charge in [0, 0.05) is 25.0 Å². The first kappa shape index (κ1) is 13.3. The van der Waals surface area contributed by atoms with Crippen LogP contribution in [0.1, 0.15) is 6.42 Å². The highest BCUT2D eigenvalue weighted by atomic mass is 35.5. The van der Waals surface area contributed by atoms with Crippen molar-refractivity contribution in [2.45, 2.75) is 6.42 Å². The number of fused-ring (bicyclic) bond motifs is 1. The summed E-state index contributed by atoms with van der Waals surface area (Å²) in [5.74, 6) is -0.461. The zero-order chi connectivity index (χ0) is 14.3. The summed E-state index contributed by atoms with van der Waals surface area (Å²) in [5, 5.41) is 3.96. The number of carbonyl (C=O) groups excluding carboxylic acids is 2. The summed E-state index contributed by atoms with van der Waals surface area (Å²) in [4.78, 5) is 29.4. The first-order valence-corrected chi connectivity index (χ1v) is 7.33. The molecule has 0 spiro atoms. The standard InChI is InChI=1S/C13H12ClN3O2S/c1-17-6-7(4-11(17)18)12(19)16-13-15-9-3-2-8(14)5-10(9)20-13/h2-3,5,7H,4,6H2,1H3,(H,15,16,19). The quantitative estimate of drug-likeness (QED) is 0.926. The Hall–Kier alpha value is -1.66. The number of anilines is 1. The second-order valence-corrected chi connectivity index (χ2v) is 6.26. The number of benzene rings is 1. The van der Waals surface area contributed by atoms with Crippen molar-refractivity contribution < 1.29 is 9.59 Å².